The topological polar surface area (TPSA) is 103 Å². The van der Waals surface area contributed by atoms with Crippen LogP contribution in [-0.2, 0) is 10.0 Å². The molecule has 0 radical (unpaired) electrons. The Kier molecular flexibility index (Phi) is 12.1. The van der Waals surface area contributed by atoms with Gasteiger partial charge in [0.15, 0.2) is 0 Å². The maximum absolute atomic E-state index is 13.2. The molecule has 1 aromatic heterocycles. The minimum atomic E-state index is -3.86. The van der Waals surface area contributed by atoms with E-state index in [0.717, 1.165) is 44.7 Å². The summed E-state index contributed by atoms with van der Waals surface area (Å²) in [6.07, 6.45) is 1.10. The van der Waals surface area contributed by atoms with Crippen molar-refractivity contribution in [1.29, 1.82) is 0 Å². The zero-order valence-corrected chi connectivity index (χ0v) is 25.1. The van der Waals surface area contributed by atoms with Crippen LogP contribution < -0.4 is 9.62 Å². The summed E-state index contributed by atoms with van der Waals surface area (Å²) in [5, 5.41) is 10.3. The lowest BCUT2D eigenvalue weighted by atomic mass is 10.1. The third-order valence-electron chi connectivity index (χ3n) is 6.39. The van der Waals surface area contributed by atoms with Crippen LogP contribution >= 0.6 is 37.2 Å². The lowest BCUT2D eigenvalue weighted by molar-refractivity contribution is 0.0699. The predicted octanol–water partition coefficient (Wildman–Crippen LogP) is 5.46. The number of halogens is 3. The number of nitrogens with one attached hydrogen (secondary N) is 1. The summed E-state index contributed by atoms with van der Waals surface area (Å²) in [6, 6.07) is 10.1. The first-order chi connectivity index (χ1) is 16.6. The van der Waals surface area contributed by atoms with Gasteiger partial charge < -0.3 is 10.0 Å². The molecule has 8 nitrogen and oxygen atoms in total. The van der Waals surface area contributed by atoms with Gasteiger partial charge >= 0.3 is 5.97 Å². The van der Waals surface area contributed by atoms with Crippen molar-refractivity contribution in [3.63, 3.8) is 0 Å². The number of carboxylic acids is 1. The molecule has 1 aliphatic rings. The van der Waals surface area contributed by atoms with Gasteiger partial charge in [-0.3, -0.25) is 9.62 Å². The van der Waals surface area contributed by atoms with Crippen LogP contribution in [0.3, 0.4) is 0 Å². The zero-order chi connectivity index (χ0) is 25.3. The Hall–Kier alpha value is -2.30. The molecule has 0 spiro atoms. The summed E-state index contributed by atoms with van der Waals surface area (Å²) < 4.78 is 29.0. The Bertz CT molecular complexity index is 1370. The van der Waals surface area contributed by atoms with Crippen molar-refractivity contribution < 1.29 is 18.3 Å². The van der Waals surface area contributed by atoms with Gasteiger partial charge in [0.2, 0.25) is 0 Å². The second-order valence-corrected chi connectivity index (χ2v) is 10.8. The Labute approximate surface area is 243 Å². The van der Waals surface area contributed by atoms with Crippen LogP contribution in [-0.4, -0.2) is 62.1 Å². The van der Waals surface area contributed by atoms with Crippen molar-refractivity contribution in [2.75, 3.05) is 42.3 Å². The van der Waals surface area contributed by atoms with Crippen LogP contribution in [0.1, 0.15) is 40.4 Å². The fourth-order valence-electron chi connectivity index (χ4n) is 4.93. The number of carbonyl (C=O) groups is 1. The van der Waals surface area contributed by atoms with Crippen LogP contribution in [0.5, 0.6) is 0 Å². The number of carboxylic acid groups (broad SMARTS) is 1. The Morgan fingerprint density at radius 3 is 2.13 bits per heavy atom. The number of benzene rings is 2. The van der Waals surface area contributed by atoms with E-state index in [0.29, 0.717) is 33.5 Å². The normalized spacial score (nSPS) is 13.7. The molecule has 3 aromatic rings. The van der Waals surface area contributed by atoms with Crippen LogP contribution in [0.15, 0.2) is 41.3 Å². The number of aromatic nitrogens is 1. The number of rotatable bonds is 7. The Morgan fingerprint density at radius 1 is 0.974 bits per heavy atom. The molecular formula is C26H35Cl3N4O4S. The number of aryl methyl sites for hydroxylation is 3. The first-order valence-corrected chi connectivity index (χ1v) is 13.3. The molecule has 2 heterocycles. The lowest BCUT2D eigenvalue weighted by Gasteiger charge is -2.35. The average molecular weight is 606 g/mol. The van der Waals surface area contributed by atoms with Gasteiger partial charge in [-0.2, -0.15) is 0 Å². The predicted molar refractivity (Wildman–Crippen MR) is 161 cm³/mol. The highest BCUT2D eigenvalue weighted by atomic mass is 35.5. The zero-order valence-electron chi connectivity index (χ0n) is 21.9. The maximum Gasteiger partial charge on any atom is 0.336 e. The molecule has 0 unspecified atom stereocenters. The van der Waals surface area contributed by atoms with E-state index in [1.807, 2.05) is 19.1 Å². The van der Waals surface area contributed by atoms with Crippen LogP contribution in [0.4, 0.5) is 11.5 Å². The molecule has 0 aliphatic carbocycles. The second-order valence-electron chi connectivity index (χ2n) is 9.23. The molecule has 1 saturated heterocycles. The number of aromatic carboxylic acids is 1. The number of hydrogen-bond donors (Lipinski definition) is 2. The van der Waals surface area contributed by atoms with Gasteiger partial charge in [-0.25, -0.2) is 18.2 Å². The molecule has 2 N–H and O–H groups in total. The first-order valence-electron chi connectivity index (χ1n) is 11.8. The van der Waals surface area contributed by atoms with E-state index in [2.05, 4.69) is 21.4 Å². The summed E-state index contributed by atoms with van der Waals surface area (Å²) in [4.78, 5) is 21.6. The molecule has 0 atom stereocenters. The Balaban J connectivity index is 0.00000241. The van der Waals surface area contributed by atoms with Crippen molar-refractivity contribution in [1.82, 2.24) is 9.88 Å². The minimum Gasteiger partial charge on any atom is -0.478 e. The van der Waals surface area contributed by atoms with E-state index in [9.17, 15) is 18.3 Å². The van der Waals surface area contributed by atoms with E-state index in [-0.39, 0.29) is 47.7 Å². The molecule has 0 saturated carbocycles. The SMILES string of the molecule is CCCN1CCN(c2cc(C(=O)O)c3cc(NS(=O)(=O)c4c(C)cc(C)cc4C)ccc3n2)CC1.Cl.Cl.Cl. The first kappa shape index (κ1) is 33.7. The third-order valence-corrected chi connectivity index (χ3v) is 8.07. The van der Waals surface area contributed by atoms with Crippen molar-refractivity contribution in [3.8, 4) is 0 Å². The minimum absolute atomic E-state index is 0. The van der Waals surface area contributed by atoms with Crippen molar-refractivity contribution in [2.45, 2.75) is 39.0 Å². The molecule has 0 amide bonds. The summed E-state index contributed by atoms with van der Waals surface area (Å²) in [5.74, 6) is -0.446. The van der Waals surface area contributed by atoms with Gasteiger partial charge in [0, 0.05) is 37.3 Å². The summed E-state index contributed by atoms with van der Waals surface area (Å²) in [6.45, 7) is 12.1. The quantitative estimate of drug-likeness (QED) is 0.369. The van der Waals surface area contributed by atoms with E-state index in [4.69, 9.17) is 4.98 Å². The van der Waals surface area contributed by atoms with Gasteiger partial charge in [-0.15, -0.1) is 37.2 Å². The molecule has 12 heteroatoms. The summed E-state index contributed by atoms with van der Waals surface area (Å²) in [5.41, 5.74) is 3.22. The highest BCUT2D eigenvalue weighted by molar-refractivity contribution is 7.92. The number of sulfonamides is 1. The average Bonchev–Trinajstić information content (AvgIpc) is 2.77. The van der Waals surface area contributed by atoms with Crippen LogP contribution in [0.2, 0.25) is 0 Å². The maximum atomic E-state index is 13.2. The van der Waals surface area contributed by atoms with Gasteiger partial charge in [0.1, 0.15) is 5.82 Å². The van der Waals surface area contributed by atoms with E-state index < -0.39 is 16.0 Å². The van der Waals surface area contributed by atoms with Crippen LogP contribution in [0.25, 0.3) is 10.9 Å². The molecule has 1 aliphatic heterocycles. The number of anilines is 2. The summed E-state index contributed by atoms with van der Waals surface area (Å²) in [7, 11) is -3.86. The molecule has 210 valence electrons. The fourth-order valence-corrected chi connectivity index (χ4v) is 6.43. The van der Waals surface area contributed by atoms with Gasteiger partial charge in [0.25, 0.3) is 10.0 Å². The van der Waals surface area contributed by atoms with Gasteiger partial charge in [-0.1, -0.05) is 24.6 Å². The number of fused-ring (bicyclic) bond motifs is 1. The van der Waals surface area contributed by atoms with Crippen molar-refractivity contribution in [3.05, 3.63) is 58.7 Å². The molecule has 2 aromatic carbocycles. The highest BCUT2D eigenvalue weighted by Crippen LogP contribution is 2.29. The molecule has 1 fully saturated rings. The largest absolute Gasteiger partial charge is 0.478 e. The lowest BCUT2D eigenvalue weighted by Crippen LogP contribution is -2.46. The smallest absolute Gasteiger partial charge is 0.336 e. The standard InChI is InChI=1S/C26H32N4O4S.3ClH/c1-5-8-29-9-11-30(12-10-29)24-16-22(26(31)32)21-15-20(6-7-23(21)27-24)28-35(33,34)25-18(3)13-17(2)14-19(25)4;;;/h6-7,13-16,28H,5,8-12H2,1-4H3,(H,31,32);3*1H. The van der Waals surface area contributed by atoms with E-state index in [1.165, 1.54) is 0 Å². The van der Waals surface area contributed by atoms with Gasteiger partial charge in [-0.05, 0) is 69.1 Å². The molecule has 38 heavy (non-hydrogen) atoms. The number of pyridine rings is 1. The molecular weight excluding hydrogens is 571 g/mol. The third kappa shape index (κ3) is 7.21. The van der Waals surface area contributed by atoms with E-state index >= 15 is 0 Å². The number of hydrogen-bond acceptors (Lipinski definition) is 6. The number of piperazine rings is 1. The fraction of sp³-hybridized carbons (Fsp3) is 0.385. The number of nitrogens with zero attached hydrogens (tertiary/aromatic N) is 3. The highest BCUT2D eigenvalue weighted by Gasteiger charge is 2.23. The summed E-state index contributed by atoms with van der Waals surface area (Å²) >= 11 is 0. The molecule has 0 bridgehead atoms. The monoisotopic (exact) mass is 604 g/mol. The van der Waals surface area contributed by atoms with Crippen LogP contribution in [0, 0.1) is 20.8 Å². The van der Waals surface area contributed by atoms with Crippen molar-refractivity contribution in [2.24, 2.45) is 0 Å². The second kappa shape index (κ2) is 13.7. The van der Waals surface area contributed by atoms with E-state index in [1.54, 1.807) is 38.1 Å². The Morgan fingerprint density at radius 2 is 1.58 bits per heavy atom. The molecule has 4 rings (SSSR count). The van der Waals surface area contributed by atoms with Crippen molar-refractivity contribution >= 4 is 75.6 Å². The van der Waals surface area contributed by atoms with Gasteiger partial charge in [0.05, 0.1) is 16.0 Å².